The number of rotatable bonds is 4. The molecule has 0 spiro atoms. The number of hydrogen-bond acceptors (Lipinski definition) is 3. The molecule has 140 valence electrons. The first-order valence-corrected chi connectivity index (χ1v) is 9.06. The van der Waals surface area contributed by atoms with Crippen LogP contribution in [-0.2, 0) is 11.2 Å². The van der Waals surface area contributed by atoms with Crippen molar-refractivity contribution in [1.29, 1.82) is 0 Å². The van der Waals surface area contributed by atoms with Crippen molar-refractivity contribution in [3.8, 4) is 11.3 Å². The number of benzene rings is 1. The fourth-order valence-corrected chi connectivity index (χ4v) is 3.88. The van der Waals surface area contributed by atoms with Crippen molar-refractivity contribution in [2.45, 2.75) is 44.2 Å². The molecule has 2 saturated heterocycles. The summed E-state index contributed by atoms with van der Waals surface area (Å²) >= 11 is 0. The largest absolute Gasteiger partial charge is 0.461 e. The summed E-state index contributed by atoms with van der Waals surface area (Å²) in [5.74, 6) is 1.11. The van der Waals surface area contributed by atoms with Gasteiger partial charge in [0.05, 0.1) is 5.56 Å². The van der Waals surface area contributed by atoms with Crippen molar-refractivity contribution in [1.82, 2.24) is 10.2 Å². The number of aryl methyl sites for hydroxylation is 1. The molecule has 2 bridgehead atoms. The highest BCUT2D eigenvalue weighted by molar-refractivity contribution is 5.85. The molecule has 2 unspecified atom stereocenters. The van der Waals surface area contributed by atoms with Crippen LogP contribution in [0.1, 0.15) is 31.4 Å². The second-order valence-electron chi connectivity index (χ2n) is 7.01. The molecule has 3 heterocycles. The van der Waals surface area contributed by atoms with Gasteiger partial charge >= 0.3 is 0 Å². The summed E-state index contributed by atoms with van der Waals surface area (Å²) in [5.41, 5.74) is 0.453. The highest BCUT2D eigenvalue weighted by Gasteiger charge is 2.30. The number of nitrogens with one attached hydrogen (secondary N) is 1. The lowest BCUT2D eigenvalue weighted by Crippen LogP contribution is -2.39. The average Bonchev–Trinajstić information content (AvgIpc) is 3.19. The third-order valence-electron chi connectivity index (χ3n) is 5.26. The minimum atomic E-state index is -0.299. The highest BCUT2D eigenvalue weighted by Crippen LogP contribution is 2.26. The molecule has 2 aliphatic heterocycles. The SMILES string of the molecule is Cl.O=C(CCc1ccc(-c2ccccc2F)o1)N1CCC2CCC(C1)N2. The van der Waals surface area contributed by atoms with Gasteiger partial charge in [-0.25, -0.2) is 4.39 Å². The number of halogens is 2. The topological polar surface area (TPSA) is 45.5 Å². The molecular formula is C20H24ClFN2O2. The molecule has 2 aromatic rings. The van der Waals surface area contributed by atoms with Crippen LogP contribution in [0.5, 0.6) is 0 Å². The minimum Gasteiger partial charge on any atom is -0.461 e. The van der Waals surface area contributed by atoms with Crippen molar-refractivity contribution in [3.63, 3.8) is 0 Å². The van der Waals surface area contributed by atoms with E-state index in [0.29, 0.717) is 36.2 Å². The average molecular weight is 379 g/mol. The Bertz CT molecular complexity index is 764. The summed E-state index contributed by atoms with van der Waals surface area (Å²) in [6.45, 7) is 1.65. The van der Waals surface area contributed by atoms with Gasteiger partial charge in [0.15, 0.2) is 0 Å². The molecule has 0 aliphatic carbocycles. The maximum Gasteiger partial charge on any atom is 0.223 e. The number of carbonyl (C=O) groups excluding carboxylic acids is 1. The smallest absolute Gasteiger partial charge is 0.223 e. The molecule has 4 nitrogen and oxygen atoms in total. The fraction of sp³-hybridized carbons (Fsp3) is 0.450. The van der Waals surface area contributed by atoms with Crippen LogP contribution in [0.2, 0.25) is 0 Å². The maximum atomic E-state index is 13.8. The lowest BCUT2D eigenvalue weighted by atomic mass is 10.1. The Kier molecular flexibility index (Phi) is 5.99. The number of nitrogens with zero attached hydrogens (tertiary/aromatic N) is 1. The van der Waals surface area contributed by atoms with Gasteiger partial charge in [-0.3, -0.25) is 4.79 Å². The Balaban J connectivity index is 0.00000196. The molecular weight excluding hydrogens is 355 g/mol. The molecule has 26 heavy (non-hydrogen) atoms. The van der Waals surface area contributed by atoms with E-state index in [2.05, 4.69) is 5.32 Å². The van der Waals surface area contributed by atoms with E-state index in [-0.39, 0.29) is 24.1 Å². The van der Waals surface area contributed by atoms with Gasteiger partial charge in [-0.1, -0.05) is 12.1 Å². The van der Waals surface area contributed by atoms with Crippen LogP contribution in [0.3, 0.4) is 0 Å². The van der Waals surface area contributed by atoms with Crippen LogP contribution in [-0.4, -0.2) is 36.0 Å². The van der Waals surface area contributed by atoms with Crippen LogP contribution in [0.25, 0.3) is 11.3 Å². The number of hydrogen-bond donors (Lipinski definition) is 1. The number of likely N-dealkylation sites (tertiary alicyclic amines) is 1. The van der Waals surface area contributed by atoms with E-state index in [1.54, 1.807) is 24.3 Å². The molecule has 1 amide bonds. The van der Waals surface area contributed by atoms with Gasteiger partial charge in [-0.15, -0.1) is 12.4 Å². The standard InChI is InChI=1S/C20H23FN2O2.ClH/c21-18-4-2-1-3-17(18)19-9-7-16(25-19)8-10-20(24)23-12-11-14-5-6-15(13-23)22-14;/h1-4,7,9,14-15,22H,5-6,8,10-13H2;1H. The van der Waals surface area contributed by atoms with E-state index in [0.717, 1.165) is 25.3 Å². The zero-order valence-electron chi connectivity index (χ0n) is 14.6. The normalized spacial score (nSPS) is 22.0. The summed E-state index contributed by atoms with van der Waals surface area (Å²) in [6.07, 6.45) is 4.42. The van der Waals surface area contributed by atoms with E-state index in [1.165, 1.54) is 18.9 Å². The molecule has 0 saturated carbocycles. The summed E-state index contributed by atoms with van der Waals surface area (Å²) in [5, 5.41) is 3.59. The molecule has 4 rings (SSSR count). The Hall–Kier alpha value is -1.85. The minimum absolute atomic E-state index is 0. The zero-order valence-corrected chi connectivity index (χ0v) is 15.4. The Labute approximate surface area is 159 Å². The quantitative estimate of drug-likeness (QED) is 0.880. The molecule has 2 atom stereocenters. The number of fused-ring (bicyclic) bond motifs is 2. The first-order chi connectivity index (χ1) is 12.2. The van der Waals surface area contributed by atoms with E-state index < -0.39 is 0 Å². The van der Waals surface area contributed by atoms with Crippen molar-refractivity contribution in [2.24, 2.45) is 0 Å². The van der Waals surface area contributed by atoms with Crippen molar-refractivity contribution < 1.29 is 13.6 Å². The van der Waals surface area contributed by atoms with E-state index in [4.69, 9.17) is 4.42 Å². The Morgan fingerprint density at radius 3 is 2.81 bits per heavy atom. The van der Waals surface area contributed by atoms with Crippen LogP contribution in [0, 0.1) is 5.82 Å². The van der Waals surface area contributed by atoms with Crippen molar-refractivity contribution in [3.05, 3.63) is 48.0 Å². The van der Waals surface area contributed by atoms with Gasteiger partial charge in [0.25, 0.3) is 0 Å². The maximum absolute atomic E-state index is 13.8. The Morgan fingerprint density at radius 1 is 1.15 bits per heavy atom. The van der Waals surface area contributed by atoms with E-state index in [1.807, 2.05) is 11.0 Å². The molecule has 0 radical (unpaired) electrons. The summed E-state index contributed by atoms with van der Waals surface area (Å²) in [4.78, 5) is 14.5. The van der Waals surface area contributed by atoms with Gasteiger partial charge < -0.3 is 14.6 Å². The van der Waals surface area contributed by atoms with Crippen LogP contribution < -0.4 is 5.32 Å². The third-order valence-corrected chi connectivity index (χ3v) is 5.26. The number of carbonyl (C=O) groups is 1. The molecule has 1 N–H and O–H groups in total. The van der Waals surface area contributed by atoms with Crippen LogP contribution in [0.15, 0.2) is 40.8 Å². The summed E-state index contributed by atoms with van der Waals surface area (Å²) in [6, 6.07) is 11.2. The highest BCUT2D eigenvalue weighted by atomic mass is 35.5. The van der Waals surface area contributed by atoms with Crippen molar-refractivity contribution in [2.75, 3.05) is 13.1 Å². The second-order valence-corrected chi connectivity index (χ2v) is 7.01. The fourth-order valence-electron chi connectivity index (χ4n) is 3.88. The first kappa shape index (κ1) is 18.9. The molecule has 1 aromatic heterocycles. The number of furan rings is 1. The summed E-state index contributed by atoms with van der Waals surface area (Å²) < 4.78 is 19.6. The van der Waals surface area contributed by atoms with Crippen LogP contribution >= 0.6 is 12.4 Å². The lowest BCUT2D eigenvalue weighted by Gasteiger charge is -2.24. The predicted octanol–water partition coefficient (Wildman–Crippen LogP) is 3.79. The van der Waals surface area contributed by atoms with Gasteiger partial charge in [-0.2, -0.15) is 0 Å². The van der Waals surface area contributed by atoms with E-state index >= 15 is 0 Å². The van der Waals surface area contributed by atoms with Gasteiger partial charge in [-0.05, 0) is 43.5 Å². The molecule has 6 heteroatoms. The van der Waals surface area contributed by atoms with E-state index in [9.17, 15) is 9.18 Å². The van der Waals surface area contributed by atoms with Gasteiger partial charge in [0.1, 0.15) is 17.3 Å². The number of amides is 1. The predicted molar refractivity (Wildman–Crippen MR) is 101 cm³/mol. The lowest BCUT2D eigenvalue weighted by molar-refractivity contribution is -0.131. The monoisotopic (exact) mass is 378 g/mol. The molecule has 1 aromatic carbocycles. The molecule has 2 aliphatic rings. The van der Waals surface area contributed by atoms with Crippen molar-refractivity contribution >= 4 is 18.3 Å². The second kappa shape index (κ2) is 8.23. The van der Waals surface area contributed by atoms with Crippen LogP contribution in [0.4, 0.5) is 4.39 Å². The van der Waals surface area contributed by atoms with Gasteiger partial charge in [0.2, 0.25) is 5.91 Å². The summed E-state index contributed by atoms with van der Waals surface area (Å²) in [7, 11) is 0. The third kappa shape index (κ3) is 4.10. The van der Waals surface area contributed by atoms with Gasteiger partial charge in [0, 0.05) is 38.0 Å². The molecule has 2 fully saturated rings. The first-order valence-electron chi connectivity index (χ1n) is 9.06. The Morgan fingerprint density at radius 2 is 1.96 bits per heavy atom. The zero-order chi connectivity index (χ0) is 17.2.